The number of fused-ring (bicyclic) bond motifs is 1. The van der Waals surface area contributed by atoms with Gasteiger partial charge in [0.05, 0.1) is 18.1 Å². The fraction of sp³-hybridized carbons (Fsp3) is 0.333. The average molecular weight is 309 g/mol. The van der Waals surface area contributed by atoms with Crippen LogP contribution in [-0.2, 0) is 0 Å². The maximum absolute atomic E-state index is 12.5. The SMILES string of the molecule is O=C(NC1CCCCC1)c1cnc2[nH]cc(-c3ccoc3)c2c1. The lowest BCUT2D eigenvalue weighted by molar-refractivity contribution is 0.0927. The van der Waals surface area contributed by atoms with E-state index in [4.69, 9.17) is 4.42 Å². The number of hydrogen-bond donors (Lipinski definition) is 2. The Hall–Kier alpha value is -2.56. The fourth-order valence-electron chi connectivity index (χ4n) is 3.30. The molecule has 1 amide bonds. The van der Waals surface area contributed by atoms with Gasteiger partial charge in [-0.1, -0.05) is 19.3 Å². The average Bonchev–Trinajstić information content (AvgIpc) is 3.24. The van der Waals surface area contributed by atoms with Crippen LogP contribution in [0.4, 0.5) is 0 Å². The van der Waals surface area contributed by atoms with Gasteiger partial charge in [0.2, 0.25) is 0 Å². The summed E-state index contributed by atoms with van der Waals surface area (Å²) in [6.45, 7) is 0. The minimum atomic E-state index is -0.0364. The van der Waals surface area contributed by atoms with Gasteiger partial charge in [-0.2, -0.15) is 0 Å². The Morgan fingerprint density at radius 2 is 2.17 bits per heavy atom. The Kier molecular flexibility index (Phi) is 3.61. The highest BCUT2D eigenvalue weighted by molar-refractivity contribution is 6.01. The Morgan fingerprint density at radius 3 is 2.96 bits per heavy atom. The summed E-state index contributed by atoms with van der Waals surface area (Å²) in [6, 6.07) is 4.10. The molecule has 0 saturated heterocycles. The predicted octanol–water partition coefficient (Wildman–Crippen LogP) is 3.89. The van der Waals surface area contributed by atoms with E-state index in [1.165, 1.54) is 19.3 Å². The van der Waals surface area contributed by atoms with Gasteiger partial charge >= 0.3 is 0 Å². The molecule has 0 unspecified atom stereocenters. The summed E-state index contributed by atoms with van der Waals surface area (Å²) in [5.41, 5.74) is 3.35. The Morgan fingerprint density at radius 1 is 1.30 bits per heavy atom. The number of furan rings is 1. The lowest BCUT2D eigenvalue weighted by Crippen LogP contribution is -2.36. The van der Waals surface area contributed by atoms with Gasteiger partial charge in [0.1, 0.15) is 5.65 Å². The van der Waals surface area contributed by atoms with Crippen molar-refractivity contribution in [2.45, 2.75) is 38.1 Å². The van der Waals surface area contributed by atoms with Crippen LogP contribution in [0, 0.1) is 0 Å². The Labute approximate surface area is 134 Å². The number of aromatic amines is 1. The monoisotopic (exact) mass is 309 g/mol. The quantitative estimate of drug-likeness (QED) is 0.771. The van der Waals surface area contributed by atoms with Gasteiger partial charge in [-0.25, -0.2) is 4.98 Å². The highest BCUT2D eigenvalue weighted by atomic mass is 16.3. The molecular formula is C18H19N3O2. The van der Waals surface area contributed by atoms with Gasteiger partial charge < -0.3 is 14.7 Å². The van der Waals surface area contributed by atoms with E-state index in [0.29, 0.717) is 11.6 Å². The Bertz CT molecular complexity index is 814. The number of H-pyrrole nitrogens is 1. The zero-order valence-electron chi connectivity index (χ0n) is 12.8. The van der Waals surface area contributed by atoms with Gasteiger partial charge in [0.15, 0.2) is 0 Å². The number of carbonyl (C=O) groups is 1. The van der Waals surface area contributed by atoms with Gasteiger partial charge in [0.25, 0.3) is 5.91 Å². The lowest BCUT2D eigenvalue weighted by atomic mass is 9.95. The number of nitrogens with one attached hydrogen (secondary N) is 2. The summed E-state index contributed by atoms with van der Waals surface area (Å²) in [7, 11) is 0. The van der Waals surface area contributed by atoms with E-state index < -0.39 is 0 Å². The standard InChI is InChI=1S/C18H19N3O2/c22-18(21-14-4-2-1-3-5-14)13-8-15-16(12-6-7-23-11-12)10-20-17(15)19-9-13/h6-11,14H,1-5H2,(H,19,20)(H,21,22). The molecule has 5 heteroatoms. The van der Waals surface area contributed by atoms with Gasteiger partial charge in [-0.3, -0.25) is 4.79 Å². The van der Waals surface area contributed by atoms with Crippen LogP contribution in [0.3, 0.4) is 0 Å². The molecule has 118 valence electrons. The maximum Gasteiger partial charge on any atom is 0.253 e. The minimum absolute atomic E-state index is 0.0364. The first-order chi connectivity index (χ1) is 11.3. The van der Waals surface area contributed by atoms with Crippen LogP contribution in [0.1, 0.15) is 42.5 Å². The summed E-state index contributed by atoms with van der Waals surface area (Å²) in [5.74, 6) is -0.0364. The van der Waals surface area contributed by atoms with Crippen molar-refractivity contribution >= 4 is 16.9 Å². The zero-order chi connectivity index (χ0) is 15.6. The second-order valence-corrected chi connectivity index (χ2v) is 6.14. The molecule has 23 heavy (non-hydrogen) atoms. The number of aromatic nitrogens is 2. The first-order valence-electron chi connectivity index (χ1n) is 8.12. The first kappa shape index (κ1) is 14.1. The van der Waals surface area contributed by atoms with E-state index >= 15 is 0 Å². The zero-order valence-corrected chi connectivity index (χ0v) is 12.8. The van der Waals surface area contributed by atoms with Crippen molar-refractivity contribution < 1.29 is 9.21 Å². The normalized spacial score (nSPS) is 15.8. The highest BCUT2D eigenvalue weighted by Crippen LogP contribution is 2.28. The predicted molar refractivity (Wildman–Crippen MR) is 88.1 cm³/mol. The third-order valence-electron chi connectivity index (χ3n) is 4.57. The number of nitrogens with zero attached hydrogens (tertiary/aromatic N) is 1. The van der Waals surface area contributed by atoms with E-state index in [0.717, 1.165) is 35.0 Å². The van der Waals surface area contributed by atoms with E-state index in [-0.39, 0.29) is 5.91 Å². The van der Waals surface area contributed by atoms with Crippen molar-refractivity contribution in [1.82, 2.24) is 15.3 Å². The van der Waals surface area contributed by atoms with Crippen LogP contribution >= 0.6 is 0 Å². The molecule has 1 aliphatic rings. The third-order valence-corrected chi connectivity index (χ3v) is 4.57. The maximum atomic E-state index is 12.5. The van der Waals surface area contributed by atoms with Gasteiger partial charge in [-0.05, 0) is 25.0 Å². The summed E-state index contributed by atoms with van der Waals surface area (Å²) >= 11 is 0. The molecule has 3 aromatic rings. The molecule has 1 fully saturated rings. The molecule has 0 aliphatic heterocycles. The molecule has 1 saturated carbocycles. The second kappa shape index (κ2) is 5.91. The molecule has 1 aliphatic carbocycles. The molecule has 0 bridgehead atoms. The highest BCUT2D eigenvalue weighted by Gasteiger charge is 2.18. The number of carbonyl (C=O) groups excluding carboxylic acids is 1. The van der Waals surface area contributed by atoms with Crippen LogP contribution in [0.5, 0.6) is 0 Å². The van der Waals surface area contributed by atoms with Crippen molar-refractivity contribution in [2.75, 3.05) is 0 Å². The third kappa shape index (κ3) is 2.74. The van der Waals surface area contributed by atoms with Crippen molar-refractivity contribution in [2.24, 2.45) is 0 Å². The molecular weight excluding hydrogens is 290 g/mol. The van der Waals surface area contributed by atoms with E-state index in [2.05, 4.69) is 15.3 Å². The van der Waals surface area contributed by atoms with Crippen molar-refractivity contribution in [3.8, 4) is 11.1 Å². The molecule has 4 rings (SSSR count). The van der Waals surface area contributed by atoms with Crippen LogP contribution < -0.4 is 5.32 Å². The number of rotatable bonds is 3. The van der Waals surface area contributed by atoms with Gasteiger partial charge in [0, 0.05) is 34.9 Å². The van der Waals surface area contributed by atoms with E-state index in [1.807, 2.05) is 18.3 Å². The summed E-state index contributed by atoms with van der Waals surface area (Å²) < 4.78 is 5.15. The van der Waals surface area contributed by atoms with Crippen molar-refractivity contribution in [1.29, 1.82) is 0 Å². The van der Waals surface area contributed by atoms with Crippen molar-refractivity contribution in [3.63, 3.8) is 0 Å². The van der Waals surface area contributed by atoms with Crippen LogP contribution in [0.15, 0.2) is 41.5 Å². The molecule has 0 radical (unpaired) electrons. The van der Waals surface area contributed by atoms with Crippen LogP contribution in [0.2, 0.25) is 0 Å². The lowest BCUT2D eigenvalue weighted by Gasteiger charge is -2.22. The molecule has 0 atom stereocenters. The number of hydrogen-bond acceptors (Lipinski definition) is 3. The fourth-order valence-corrected chi connectivity index (χ4v) is 3.30. The Balaban J connectivity index is 1.62. The molecule has 0 spiro atoms. The van der Waals surface area contributed by atoms with E-state index in [1.54, 1.807) is 18.7 Å². The number of pyridine rings is 1. The topological polar surface area (TPSA) is 70.9 Å². The van der Waals surface area contributed by atoms with Crippen LogP contribution in [-0.4, -0.2) is 21.9 Å². The summed E-state index contributed by atoms with van der Waals surface area (Å²) in [6.07, 6.45) is 12.7. The molecule has 0 aromatic carbocycles. The second-order valence-electron chi connectivity index (χ2n) is 6.14. The van der Waals surface area contributed by atoms with Gasteiger partial charge in [-0.15, -0.1) is 0 Å². The van der Waals surface area contributed by atoms with Crippen molar-refractivity contribution in [3.05, 3.63) is 42.6 Å². The molecule has 5 nitrogen and oxygen atoms in total. The number of amides is 1. The van der Waals surface area contributed by atoms with Crippen LogP contribution in [0.25, 0.3) is 22.2 Å². The summed E-state index contributed by atoms with van der Waals surface area (Å²) in [4.78, 5) is 20.0. The first-order valence-corrected chi connectivity index (χ1v) is 8.12. The molecule has 3 heterocycles. The molecule has 3 aromatic heterocycles. The summed E-state index contributed by atoms with van der Waals surface area (Å²) in [5, 5.41) is 4.07. The largest absolute Gasteiger partial charge is 0.472 e. The van der Waals surface area contributed by atoms with E-state index in [9.17, 15) is 4.79 Å². The minimum Gasteiger partial charge on any atom is -0.472 e. The smallest absolute Gasteiger partial charge is 0.253 e. The molecule has 2 N–H and O–H groups in total.